The van der Waals surface area contributed by atoms with E-state index >= 15 is 0 Å². The highest BCUT2D eigenvalue weighted by Crippen LogP contribution is 2.53. The fourth-order valence-corrected chi connectivity index (χ4v) is 4.96. The predicted molar refractivity (Wildman–Crippen MR) is 109 cm³/mol. The Morgan fingerprint density at radius 3 is 2.48 bits per heavy atom. The van der Waals surface area contributed by atoms with Crippen LogP contribution >= 0.6 is 0 Å². The van der Waals surface area contributed by atoms with Crippen molar-refractivity contribution in [2.24, 2.45) is 17.3 Å². The van der Waals surface area contributed by atoms with Crippen LogP contribution in [0.5, 0.6) is 0 Å². The maximum atomic E-state index is 3.42. The van der Waals surface area contributed by atoms with E-state index in [1.807, 2.05) is 0 Å². The Balaban J connectivity index is 1.90. The highest BCUT2D eigenvalue weighted by molar-refractivity contribution is 5.30. The molecule has 0 bridgehead atoms. The van der Waals surface area contributed by atoms with Gasteiger partial charge in [0.05, 0.1) is 0 Å². The first-order valence-corrected chi connectivity index (χ1v) is 10.1. The zero-order valence-corrected chi connectivity index (χ0v) is 16.7. The molecule has 1 aromatic carbocycles. The molecule has 0 heteroatoms. The Kier molecular flexibility index (Phi) is 5.40. The Morgan fingerprint density at radius 1 is 1.08 bits per heavy atom. The molecule has 0 aromatic heterocycles. The minimum Gasteiger partial charge on any atom is -0.122 e. The molecule has 0 aliphatic heterocycles. The summed E-state index contributed by atoms with van der Waals surface area (Å²) in [5, 5.41) is 0. The molecule has 1 saturated carbocycles. The second-order valence-electron chi connectivity index (χ2n) is 9.01. The summed E-state index contributed by atoms with van der Waals surface area (Å²) < 4.78 is 0. The lowest BCUT2D eigenvalue weighted by atomic mass is 9.59. The summed E-state index contributed by atoms with van der Waals surface area (Å²) in [4.78, 5) is 0. The SMILES string of the molecule is CC1=C=CC=C(C2(C)CCC(C(C)C)C(c3ccc(C)cc3)C2)CC1. The van der Waals surface area contributed by atoms with Crippen LogP contribution in [0.25, 0.3) is 0 Å². The molecule has 0 radical (unpaired) electrons. The Bertz CT molecular complexity index is 694. The summed E-state index contributed by atoms with van der Waals surface area (Å²) in [5.41, 5.74) is 9.71. The molecule has 0 N–H and O–H groups in total. The molecular weight excluding hydrogens is 300 g/mol. The van der Waals surface area contributed by atoms with Crippen molar-refractivity contribution in [1.82, 2.24) is 0 Å². The van der Waals surface area contributed by atoms with Gasteiger partial charge in [-0.1, -0.05) is 62.2 Å². The van der Waals surface area contributed by atoms with E-state index in [9.17, 15) is 0 Å². The number of aryl methyl sites for hydroxylation is 1. The number of rotatable bonds is 3. The smallest absolute Gasteiger partial charge is 0.0107 e. The van der Waals surface area contributed by atoms with Crippen molar-refractivity contribution in [1.29, 1.82) is 0 Å². The predicted octanol–water partition coefficient (Wildman–Crippen LogP) is 7.36. The fourth-order valence-electron chi connectivity index (χ4n) is 4.96. The van der Waals surface area contributed by atoms with Crippen LogP contribution in [-0.2, 0) is 0 Å². The Labute approximate surface area is 154 Å². The average Bonchev–Trinajstić information content (AvgIpc) is 2.80. The van der Waals surface area contributed by atoms with Crippen molar-refractivity contribution < 1.29 is 0 Å². The van der Waals surface area contributed by atoms with Crippen molar-refractivity contribution in [3.8, 4) is 0 Å². The van der Waals surface area contributed by atoms with Gasteiger partial charge >= 0.3 is 0 Å². The van der Waals surface area contributed by atoms with Crippen LogP contribution in [0.1, 0.15) is 76.8 Å². The molecular formula is C25H34. The van der Waals surface area contributed by atoms with Gasteiger partial charge in [-0.05, 0) is 86.3 Å². The average molecular weight is 335 g/mol. The zero-order valence-electron chi connectivity index (χ0n) is 16.7. The van der Waals surface area contributed by atoms with Crippen LogP contribution in [0.3, 0.4) is 0 Å². The number of hydrogen-bond acceptors (Lipinski definition) is 0. The van der Waals surface area contributed by atoms with E-state index in [4.69, 9.17) is 0 Å². The summed E-state index contributed by atoms with van der Waals surface area (Å²) in [6.07, 6.45) is 10.9. The van der Waals surface area contributed by atoms with Gasteiger partial charge in [-0.25, -0.2) is 0 Å². The molecule has 1 fully saturated rings. The first-order chi connectivity index (χ1) is 11.9. The van der Waals surface area contributed by atoms with Crippen LogP contribution in [0.2, 0.25) is 0 Å². The van der Waals surface area contributed by atoms with Gasteiger partial charge in [-0.3, -0.25) is 0 Å². The summed E-state index contributed by atoms with van der Waals surface area (Å²) in [7, 11) is 0. The standard InChI is InChI=1S/C25H34/c1-18(2)23-15-16-25(5,22-8-6-7-19(3)11-14-22)17-24(23)21-12-9-20(4)10-13-21/h6,8-10,12-13,18,23-24H,11,14-17H2,1-5H3. The lowest BCUT2D eigenvalue weighted by molar-refractivity contribution is 0.141. The van der Waals surface area contributed by atoms with Crippen molar-refractivity contribution in [3.63, 3.8) is 0 Å². The summed E-state index contributed by atoms with van der Waals surface area (Å²) in [5.74, 6) is 2.24. The van der Waals surface area contributed by atoms with Crippen LogP contribution < -0.4 is 0 Å². The van der Waals surface area contributed by atoms with E-state index in [1.54, 1.807) is 11.1 Å². The fraction of sp³-hybridized carbons (Fsp3) is 0.560. The molecule has 2 aliphatic carbocycles. The van der Waals surface area contributed by atoms with E-state index in [1.165, 1.54) is 43.2 Å². The maximum Gasteiger partial charge on any atom is -0.0107 e. The van der Waals surface area contributed by atoms with Crippen molar-refractivity contribution >= 4 is 0 Å². The molecule has 3 rings (SSSR count). The lowest BCUT2D eigenvalue weighted by Crippen LogP contribution is -2.34. The van der Waals surface area contributed by atoms with E-state index < -0.39 is 0 Å². The van der Waals surface area contributed by atoms with Crippen molar-refractivity contribution in [3.05, 3.63) is 64.4 Å². The summed E-state index contributed by atoms with van der Waals surface area (Å²) in [6, 6.07) is 9.35. The van der Waals surface area contributed by atoms with Gasteiger partial charge in [0.25, 0.3) is 0 Å². The molecule has 2 aliphatic rings. The maximum absolute atomic E-state index is 3.42. The number of benzene rings is 1. The normalized spacial score (nSPS) is 30.0. The van der Waals surface area contributed by atoms with Crippen LogP contribution in [0.15, 0.2) is 53.3 Å². The van der Waals surface area contributed by atoms with Crippen molar-refractivity contribution in [2.75, 3.05) is 0 Å². The van der Waals surface area contributed by atoms with E-state index in [0.717, 1.165) is 11.8 Å². The summed E-state index contributed by atoms with van der Waals surface area (Å²) >= 11 is 0. The lowest BCUT2D eigenvalue weighted by Gasteiger charge is -2.46. The summed E-state index contributed by atoms with van der Waals surface area (Å²) in [6.45, 7) is 11.7. The third kappa shape index (κ3) is 4.01. The minimum atomic E-state index is 0.337. The van der Waals surface area contributed by atoms with Gasteiger partial charge in [-0.2, -0.15) is 0 Å². The van der Waals surface area contributed by atoms with Gasteiger partial charge in [-0.15, -0.1) is 5.73 Å². The van der Waals surface area contributed by atoms with Crippen LogP contribution in [0, 0.1) is 24.2 Å². The van der Waals surface area contributed by atoms with E-state index in [0.29, 0.717) is 11.3 Å². The molecule has 1 aromatic rings. The number of hydrogen-bond donors (Lipinski definition) is 0. The molecule has 25 heavy (non-hydrogen) atoms. The third-order valence-corrected chi connectivity index (χ3v) is 6.74. The molecule has 3 unspecified atom stereocenters. The first-order valence-electron chi connectivity index (χ1n) is 10.1. The molecule has 0 saturated heterocycles. The van der Waals surface area contributed by atoms with Crippen molar-refractivity contribution in [2.45, 2.75) is 72.6 Å². The van der Waals surface area contributed by atoms with Crippen LogP contribution in [0.4, 0.5) is 0 Å². The number of allylic oxidation sites excluding steroid dienone is 3. The van der Waals surface area contributed by atoms with E-state index in [-0.39, 0.29) is 0 Å². The highest BCUT2D eigenvalue weighted by atomic mass is 14.5. The van der Waals surface area contributed by atoms with Gasteiger partial charge in [0.2, 0.25) is 0 Å². The molecule has 134 valence electrons. The van der Waals surface area contributed by atoms with Gasteiger partial charge in [0.1, 0.15) is 0 Å². The first kappa shape index (κ1) is 18.3. The molecule has 0 nitrogen and oxygen atoms in total. The highest BCUT2D eigenvalue weighted by Gasteiger charge is 2.41. The second-order valence-corrected chi connectivity index (χ2v) is 9.01. The topological polar surface area (TPSA) is 0 Å². The largest absolute Gasteiger partial charge is 0.122 e. The van der Waals surface area contributed by atoms with Gasteiger partial charge in [0.15, 0.2) is 0 Å². The quantitative estimate of drug-likeness (QED) is 0.506. The minimum absolute atomic E-state index is 0.337. The molecule has 3 atom stereocenters. The van der Waals surface area contributed by atoms with Gasteiger partial charge in [0, 0.05) is 0 Å². The second kappa shape index (κ2) is 7.38. The zero-order chi connectivity index (χ0) is 18.0. The Morgan fingerprint density at radius 2 is 1.80 bits per heavy atom. The van der Waals surface area contributed by atoms with E-state index in [2.05, 4.69) is 76.8 Å². The van der Waals surface area contributed by atoms with Gasteiger partial charge < -0.3 is 0 Å². The molecule has 0 heterocycles. The van der Waals surface area contributed by atoms with Crippen LogP contribution in [-0.4, -0.2) is 0 Å². The molecule has 0 spiro atoms. The molecule has 0 amide bonds. The third-order valence-electron chi connectivity index (χ3n) is 6.74. The Hall–Kier alpha value is -1.52. The monoisotopic (exact) mass is 334 g/mol.